The molecule has 28 valence electrons. The fourth-order valence-electron chi connectivity index (χ4n) is 0. The van der Waals surface area contributed by atoms with Crippen molar-refractivity contribution >= 4 is 12.4 Å². The first-order valence-corrected chi connectivity index (χ1v) is 0.500. The summed E-state index contributed by atoms with van der Waals surface area (Å²) in [4.78, 5) is 0. The second kappa shape index (κ2) is 10.5. The lowest BCUT2D eigenvalue weighted by Crippen LogP contribution is -1.89. The molecule has 2 heteroatoms. The molecular formula is C2H8ClN. The molecule has 0 aromatic rings. The van der Waals surface area contributed by atoms with Crippen LogP contribution in [0.25, 0.3) is 0 Å². The summed E-state index contributed by atoms with van der Waals surface area (Å²) in [6.45, 7) is -5.16. The smallest absolute Gasteiger partial charge is 0.0391 e. The van der Waals surface area contributed by atoms with Crippen molar-refractivity contribution in [2.45, 2.75) is 0 Å². The predicted molar refractivity (Wildman–Crippen MR) is 22.2 cm³/mol. The molecule has 0 spiro atoms. The van der Waals surface area contributed by atoms with E-state index < -0.39 is 14.0 Å². The van der Waals surface area contributed by atoms with Gasteiger partial charge < -0.3 is 5.32 Å². The lowest BCUT2D eigenvalue weighted by atomic mass is 11.3. The summed E-state index contributed by atoms with van der Waals surface area (Å²) in [6.07, 6.45) is 0. The highest BCUT2D eigenvalue weighted by Gasteiger charge is 1.25. The maximum atomic E-state index is 6.45. The van der Waals surface area contributed by atoms with E-state index in [4.69, 9.17) is 8.22 Å². The van der Waals surface area contributed by atoms with Crippen molar-refractivity contribution in [2.24, 2.45) is 0 Å². The van der Waals surface area contributed by atoms with Gasteiger partial charge >= 0.3 is 0 Å². The minimum Gasteiger partial charge on any atom is -0.323 e. The van der Waals surface area contributed by atoms with Crippen LogP contribution in [0.1, 0.15) is 8.22 Å². The van der Waals surface area contributed by atoms with Crippen LogP contribution >= 0.6 is 12.4 Å². The van der Waals surface area contributed by atoms with Crippen molar-refractivity contribution in [1.29, 1.82) is 0 Å². The molecule has 1 nitrogen and oxygen atoms in total. The van der Waals surface area contributed by atoms with Gasteiger partial charge in [-0.05, 0) is 14.0 Å². The van der Waals surface area contributed by atoms with Crippen LogP contribution in [0.15, 0.2) is 0 Å². The number of hydrogen-bond donors (Lipinski definition) is 1. The molecule has 1 N–H and O–H groups in total. The number of rotatable bonds is 0. The molecule has 0 atom stereocenters. The van der Waals surface area contributed by atoms with E-state index in [2.05, 4.69) is 0 Å². The zero-order chi connectivity index (χ0) is 7.71. The highest BCUT2D eigenvalue weighted by Crippen LogP contribution is 0.981. The van der Waals surface area contributed by atoms with Crippen molar-refractivity contribution in [3.05, 3.63) is 0 Å². The Morgan fingerprint density at radius 2 is 2.25 bits per heavy atom. The minimum absolute atomic E-state index is 0. The van der Waals surface area contributed by atoms with E-state index in [0.29, 0.717) is 0 Å². The predicted octanol–water partition coefficient (Wildman–Crippen LogP) is 0.257. The van der Waals surface area contributed by atoms with Crippen LogP contribution in [-0.4, -0.2) is 14.0 Å². The molecule has 0 rings (SSSR count). The third-order valence-corrected chi connectivity index (χ3v) is 0. The third-order valence-electron chi connectivity index (χ3n) is 0. The summed E-state index contributed by atoms with van der Waals surface area (Å²) in [6, 6.07) is 0. The fourth-order valence-corrected chi connectivity index (χ4v) is 0. The molecule has 0 heterocycles. The van der Waals surface area contributed by atoms with Gasteiger partial charge in [0.05, 0.1) is 0 Å². The SMILES string of the molecule is Cl.[2H]C([2H])([2H])NC([2H])([2H])[2H]. The van der Waals surface area contributed by atoms with E-state index in [1.54, 1.807) is 0 Å². The Kier molecular flexibility index (Phi) is 1.74. The lowest BCUT2D eigenvalue weighted by molar-refractivity contribution is 1.02. The lowest BCUT2D eigenvalue weighted by Gasteiger charge is -1.59. The van der Waals surface area contributed by atoms with Crippen molar-refractivity contribution in [2.75, 3.05) is 14.0 Å². The Balaban J connectivity index is 0. The molecule has 0 amide bonds. The van der Waals surface area contributed by atoms with Gasteiger partial charge in [-0.25, -0.2) is 0 Å². The molecule has 0 aromatic heterocycles. The van der Waals surface area contributed by atoms with Crippen LogP contribution in [-0.2, 0) is 0 Å². The quantitative estimate of drug-likeness (QED) is 0.447. The monoisotopic (exact) mass is 87.1 g/mol. The molecule has 0 aliphatic heterocycles. The average Bonchev–Trinajstić information content (AvgIpc) is 1.14. The average molecular weight is 87.6 g/mol. The second-order valence-electron chi connectivity index (χ2n) is 0.125. The molecular weight excluding hydrogens is 73.5 g/mol. The topological polar surface area (TPSA) is 12.0 Å². The minimum atomic E-state index is -2.58. The fraction of sp³-hybridized carbons (Fsp3) is 1.00. The van der Waals surface area contributed by atoms with Crippen molar-refractivity contribution < 1.29 is 8.22 Å². The van der Waals surface area contributed by atoms with Crippen LogP contribution in [0.3, 0.4) is 0 Å². The first-order chi connectivity index (χ1) is 3.71. The van der Waals surface area contributed by atoms with E-state index in [-0.39, 0.29) is 12.4 Å². The zero-order valence-electron chi connectivity index (χ0n) is 7.91. The van der Waals surface area contributed by atoms with Crippen LogP contribution in [0.5, 0.6) is 0 Å². The summed E-state index contributed by atoms with van der Waals surface area (Å²) >= 11 is 0. The Labute approximate surface area is 41.2 Å². The molecule has 0 aliphatic rings. The molecule has 0 saturated heterocycles. The summed E-state index contributed by atoms with van der Waals surface area (Å²) in [5.74, 6) is 0. The highest BCUT2D eigenvalue weighted by atomic mass is 35.5. The van der Waals surface area contributed by atoms with Gasteiger partial charge in [0.1, 0.15) is 0 Å². The van der Waals surface area contributed by atoms with Gasteiger partial charge in [0.15, 0.2) is 0 Å². The summed E-state index contributed by atoms with van der Waals surface area (Å²) in [7, 11) is 0. The van der Waals surface area contributed by atoms with E-state index >= 15 is 0 Å². The Morgan fingerprint density at radius 1 is 1.75 bits per heavy atom. The Bertz CT molecular complexity index is 80.9. The van der Waals surface area contributed by atoms with Crippen LogP contribution in [0.4, 0.5) is 0 Å². The van der Waals surface area contributed by atoms with Crippen LogP contribution < -0.4 is 5.32 Å². The molecule has 0 unspecified atom stereocenters. The first-order valence-electron chi connectivity index (χ1n) is 3.50. The zero-order valence-corrected chi connectivity index (χ0v) is 2.72. The number of hydrogen-bond acceptors (Lipinski definition) is 1. The molecule has 0 fully saturated rings. The molecule has 4 heavy (non-hydrogen) atoms. The standard InChI is InChI=1S/C2H7N.ClH/c1-3-2;/h3H,1-2H3;1H/i1D3,2D3;. The van der Waals surface area contributed by atoms with Gasteiger partial charge in [-0.3, -0.25) is 0 Å². The van der Waals surface area contributed by atoms with Gasteiger partial charge in [0.2, 0.25) is 0 Å². The first kappa shape index (κ1) is 0.660. The van der Waals surface area contributed by atoms with Crippen molar-refractivity contribution in [1.82, 2.24) is 5.32 Å². The molecule has 0 aromatic carbocycles. The summed E-state index contributed by atoms with van der Waals surface area (Å²) < 4.78 is 38.7. The van der Waals surface area contributed by atoms with Gasteiger partial charge in [0, 0.05) is 8.22 Å². The maximum Gasteiger partial charge on any atom is 0.0391 e. The van der Waals surface area contributed by atoms with Gasteiger partial charge in [-0.15, -0.1) is 12.4 Å². The van der Waals surface area contributed by atoms with Crippen LogP contribution in [0, 0.1) is 0 Å². The normalized spacial score (nSPS) is 33.0. The number of halogens is 1. The maximum absolute atomic E-state index is 6.45. The van der Waals surface area contributed by atoms with E-state index in [9.17, 15) is 0 Å². The van der Waals surface area contributed by atoms with Crippen molar-refractivity contribution in [3.63, 3.8) is 0 Å². The summed E-state index contributed by atoms with van der Waals surface area (Å²) in [5.41, 5.74) is 0. The molecule has 0 saturated carbocycles. The van der Waals surface area contributed by atoms with Crippen LogP contribution in [0.2, 0.25) is 0 Å². The highest BCUT2D eigenvalue weighted by molar-refractivity contribution is 5.85. The van der Waals surface area contributed by atoms with E-state index in [1.165, 1.54) is 5.32 Å². The largest absolute Gasteiger partial charge is 0.323 e. The van der Waals surface area contributed by atoms with Crippen molar-refractivity contribution in [3.8, 4) is 0 Å². The third kappa shape index (κ3) is 56.3. The van der Waals surface area contributed by atoms with Gasteiger partial charge in [-0.2, -0.15) is 0 Å². The number of nitrogens with one attached hydrogen (secondary N) is 1. The molecule has 0 radical (unpaired) electrons. The van der Waals surface area contributed by atoms with Gasteiger partial charge in [0.25, 0.3) is 0 Å². The Morgan fingerprint density at radius 3 is 2.25 bits per heavy atom. The van der Waals surface area contributed by atoms with Gasteiger partial charge in [-0.1, -0.05) is 0 Å². The molecule has 0 bridgehead atoms. The Hall–Kier alpha value is 0.250. The molecule has 0 aliphatic carbocycles. The van der Waals surface area contributed by atoms with E-state index in [1.807, 2.05) is 0 Å². The summed E-state index contributed by atoms with van der Waals surface area (Å²) in [5, 5.41) is 1.46. The van der Waals surface area contributed by atoms with E-state index in [0.717, 1.165) is 0 Å². The second-order valence-corrected chi connectivity index (χ2v) is 0.125.